The Bertz CT molecular complexity index is 475. The van der Waals surface area contributed by atoms with E-state index in [0.29, 0.717) is 13.0 Å². The molecule has 0 radical (unpaired) electrons. The fourth-order valence-electron chi connectivity index (χ4n) is 2.95. The summed E-state index contributed by atoms with van der Waals surface area (Å²) in [6, 6.07) is 7.96. The van der Waals surface area contributed by atoms with E-state index < -0.39 is 0 Å². The molecule has 1 aromatic carbocycles. The second kappa shape index (κ2) is 7.46. The standard InChI is InChI=1S/C17H25NO3/c1-13(9-15-5-3-4-6-16(15)21-2)10-17(20)18-8-7-14(11-18)12-19/h3-6,13-14,19H,7-12H2,1-2H3. The minimum atomic E-state index is 0.181. The molecule has 2 rings (SSSR count). The molecule has 1 aliphatic rings. The monoisotopic (exact) mass is 291 g/mol. The van der Waals surface area contributed by atoms with Crippen molar-refractivity contribution in [3.63, 3.8) is 0 Å². The number of carbonyl (C=O) groups is 1. The first-order valence-corrected chi connectivity index (χ1v) is 7.64. The number of methoxy groups -OCH3 is 1. The summed E-state index contributed by atoms with van der Waals surface area (Å²) in [4.78, 5) is 14.2. The average Bonchev–Trinajstić information content (AvgIpc) is 2.96. The highest BCUT2D eigenvalue weighted by Gasteiger charge is 2.26. The Morgan fingerprint density at radius 1 is 1.48 bits per heavy atom. The van der Waals surface area contributed by atoms with Crippen molar-refractivity contribution in [1.82, 2.24) is 4.90 Å². The topological polar surface area (TPSA) is 49.8 Å². The molecule has 2 unspecified atom stereocenters. The van der Waals surface area contributed by atoms with Crippen LogP contribution in [0.2, 0.25) is 0 Å². The first-order chi connectivity index (χ1) is 10.1. The van der Waals surface area contributed by atoms with E-state index in [2.05, 4.69) is 13.0 Å². The minimum Gasteiger partial charge on any atom is -0.496 e. The number of nitrogens with zero attached hydrogens (tertiary/aromatic N) is 1. The van der Waals surface area contributed by atoms with Gasteiger partial charge in [0.05, 0.1) is 7.11 Å². The summed E-state index contributed by atoms with van der Waals surface area (Å²) in [5.41, 5.74) is 1.15. The Kier molecular flexibility index (Phi) is 5.62. The number of aliphatic hydroxyl groups is 1. The van der Waals surface area contributed by atoms with Gasteiger partial charge in [0, 0.05) is 32.0 Å². The minimum absolute atomic E-state index is 0.181. The van der Waals surface area contributed by atoms with Crippen molar-refractivity contribution in [1.29, 1.82) is 0 Å². The van der Waals surface area contributed by atoms with Crippen LogP contribution in [0.15, 0.2) is 24.3 Å². The molecule has 1 heterocycles. The highest BCUT2D eigenvalue weighted by Crippen LogP contribution is 2.23. The molecule has 0 saturated carbocycles. The van der Waals surface area contributed by atoms with Crippen LogP contribution < -0.4 is 4.74 Å². The predicted molar refractivity (Wildman–Crippen MR) is 82.3 cm³/mol. The van der Waals surface area contributed by atoms with E-state index in [9.17, 15) is 4.79 Å². The van der Waals surface area contributed by atoms with E-state index in [1.165, 1.54) is 0 Å². The van der Waals surface area contributed by atoms with E-state index in [0.717, 1.165) is 30.7 Å². The van der Waals surface area contributed by atoms with Gasteiger partial charge in [0.1, 0.15) is 5.75 Å². The van der Waals surface area contributed by atoms with Gasteiger partial charge in [-0.2, -0.15) is 0 Å². The maximum Gasteiger partial charge on any atom is 0.222 e. The number of amides is 1. The van der Waals surface area contributed by atoms with Crippen molar-refractivity contribution >= 4 is 5.91 Å². The molecule has 1 amide bonds. The molecule has 1 aromatic rings. The molecule has 2 atom stereocenters. The summed E-state index contributed by atoms with van der Waals surface area (Å²) in [5.74, 6) is 1.63. The largest absolute Gasteiger partial charge is 0.496 e. The zero-order valence-corrected chi connectivity index (χ0v) is 12.9. The number of likely N-dealkylation sites (tertiary alicyclic amines) is 1. The Labute approximate surface area is 126 Å². The fraction of sp³-hybridized carbons (Fsp3) is 0.588. The van der Waals surface area contributed by atoms with Crippen LogP contribution >= 0.6 is 0 Å². The van der Waals surface area contributed by atoms with Crippen LogP contribution in [0.4, 0.5) is 0 Å². The van der Waals surface area contributed by atoms with E-state index in [4.69, 9.17) is 9.84 Å². The molecule has 4 nitrogen and oxygen atoms in total. The van der Waals surface area contributed by atoms with Crippen molar-refractivity contribution in [2.75, 3.05) is 26.8 Å². The lowest BCUT2D eigenvalue weighted by Crippen LogP contribution is -2.30. The van der Waals surface area contributed by atoms with Crippen LogP contribution in [-0.2, 0) is 11.2 Å². The number of carbonyl (C=O) groups excluding carboxylic acids is 1. The van der Waals surface area contributed by atoms with Gasteiger partial charge in [-0.3, -0.25) is 4.79 Å². The first kappa shape index (κ1) is 15.8. The lowest BCUT2D eigenvalue weighted by atomic mass is 9.97. The number of benzene rings is 1. The van der Waals surface area contributed by atoms with Gasteiger partial charge in [-0.1, -0.05) is 25.1 Å². The maximum absolute atomic E-state index is 12.3. The smallest absolute Gasteiger partial charge is 0.222 e. The van der Waals surface area contributed by atoms with E-state index in [-0.39, 0.29) is 24.3 Å². The van der Waals surface area contributed by atoms with Crippen molar-refractivity contribution in [3.05, 3.63) is 29.8 Å². The summed E-state index contributed by atoms with van der Waals surface area (Å²) in [6.45, 7) is 3.77. The van der Waals surface area contributed by atoms with Gasteiger partial charge in [-0.05, 0) is 30.4 Å². The van der Waals surface area contributed by atoms with Gasteiger partial charge in [-0.15, -0.1) is 0 Å². The Morgan fingerprint density at radius 2 is 2.24 bits per heavy atom. The molecular formula is C17H25NO3. The number of aliphatic hydroxyl groups excluding tert-OH is 1. The summed E-state index contributed by atoms with van der Waals surface area (Å²) in [6.07, 6.45) is 2.31. The molecule has 1 fully saturated rings. The number of hydrogen-bond donors (Lipinski definition) is 1. The van der Waals surface area contributed by atoms with Crippen molar-refractivity contribution in [3.8, 4) is 5.75 Å². The third kappa shape index (κ3) is 4.21. The fourth-order valence-corrected chi connectivity index (χ4v) is 2.95. The Hall–Kier alpha value is -1.55. The van der Waals surface area contributed by atoms with Crippen LogP contribution in [0.25, 0.3) is 0 Å². The molecule has 116 valence electrons. The van der Waals surface area contributed by atoms with Crippen LogP contribution in [0.3, 0.4) is 0 Å². The van der Waals surface area contributed by atoms with Gasteiger partial charge in [0.15, 0.2) is 0 Å². The molecule has 4 heteroatoms. The molecule has 21 heavy (non-hydrogen) atoms. The number of hydrogen-bond acceptors (Lipinski definition) is 3. The maximum atomic E-state index is 12.3. The molecule has 1 saturated heterocycles. The number of ether oxygens (including phenoxy) is 1. The van der Waals surface area contributed by atoms with Gasteiger partial charge >= 0.3 is 0 Å². The molecule has 1 N–H and O–H groups in total. The van der Waals surface area contributed by atoms with Gasteiger partial charge in [0.2, 0.25) is 5.91 Å². The quantitative estimate of drug-likeness (QED) is 0.873. The third-order valence-corrected chi connectivity index (χ3v) is 4.18. The van der Waals surface area contributed by atoms with E-state index in [1.54, 1.807) is 7.11 Å². The number of para-hydroxylation sites is 1. The van der Waals surface area contributed by atoms with Gasteiger partial charge in [0.25, 0.3) is 0 Å². The average molecular weight is 291 g/mol. The lowest BCUT2D eigenvalue weighted by Gasteiger charge is -2.19. The highest BCUT2D eigenvalue weighted by atomic mass is 16.5. The van der Waals surface area contributed by atoms with Crippen LogP contribution in [0.1, 0.15) is 25.3 Å². The molecule has 0 bridgehead atoms. The van der Waals surface area contributed by atoms with Crippen molar-refractivity contribution in [2.45, 2.75) is 26.2 Å². The van der Waals surface area contributed by atoms with Crippen LogP contribution in [0.5, 0.6) is 5.75 Å². The zero-order valence-electron chi connectivity index (χ0n) is 12.9. The summed E-state index contributed by atoms with van der Waals surface area (Å²) < 4.78 is 5.36. The van der Waals surface area contributed by atoms with E-state index >= 15 is 0 Å². The first-order valence-electron chi connectivity index (χ1n) is 7.64. The second-order valence-electron chi connectivity index (χ2n) is 6.00. The van der Waals surface area contributed by atoms with Crippen LogP contribution in [-0.4, -0.2) is 42.7 Å². The Morgan fingerprint density at radius 3 is 2.90 bits per heavy atom. The van der Waals surface area contributed by atoms with Gasteiger partial charge in [-0.25, -0.2) is 0 Å². The molecule has 0 aliphatic carbocycles. The molecule has 0 aromatic heterocycles. The SMILES string of the molecule is COc1ccccc1CC(C)CC(=O)N1CCC(CO)C1. The van der Waals surface area contributed by atoms with E-state index in [1.807, 2.05) is 23.1 Å². The summed E-state index contributed by atoms with van der Waals surface area (Å²) in [7, 11) is 1.67. The van der Waals surface area contributed by atoms with Crippen LogP contribution in [0, 0.1) is 11.8 Å². The second-order valence-corrected chi connectivity index (χ2v) is 6.00. The molecular weight excluding hydrogens is 266 g/mol. The van der Waals surface area contributed by atoms with Gasteiger partial charge < -0.3 is 14.7 Å². The summed E-state index contributed by atoms with van der Waals surface area (Å²) in [5, 5.41) is 9.15. The highest BCUT2D eigenvalue weighted by molar-refractivity contribution is 5.76. The van der Waals surface area contributed by atoms with Crippen molar-refractivity contribution < 1.29 is 14.6 Å². The Balaban J connectivity index is 1.87. The predicted octanol–water partition coefficient (Wildman–Crippen LogP) is 2.10. The number of rotatable bonds is 6. The zero-order chi connectivity index (χ0) is 15.2. The molecule has 1 aliphatic heterocycles. The lowest BCUT2D eigenvalue weighted by molar-refractivity contribution is -0.131. The van der Waals surface area contributed by atoms with Crippen molar-refractivity contribution in [2.24, 2.45) is 11.8 Å². The molecule has 0 spiro atoms. The third-order valence-electron chi connectivity index (χ3n) is 4.18. The summed E-state index contributed by atoms with van der Waals surface area (Å²) >= 11 is 0. The normalized spacial score (nSPS) is 19.6.